The summed E-state index contributed by atoms with van der Waals surface area (Å²) < 4.78 is 40.7. The van der Waals surface area contributed by atoms with Crippen molar-refractivity contribution in [3.8, 4) is 6.07 Å². The molecule has 38 heavy (non-hydrogen) atoms. The minimum Gasteiger partial charge on any atom is -0.349 e. The number of Topliss-reactive ketones (excluding diaryl/α,β-unsaturated/α-hetero) is 1. The Morgan fingerprint density at radius 2 is 1.84 bits per heavy atom. The average molecular weight is 544 g/mol. The minimum atomic E-state index is -4.85. The van der Waals surface area contributed by atoms with E-state index in [0.29, 0.717) is 37.3 Å². The summed E-state index contributed by atoms with van der Waals surface area (Å²) >= 11 is 4.62. The van der Waals surface area contributed by atoms with E-state index in [0.717, 1.165) is 11.1 Å². The van der Waals surface area contributed by atoms with Crippen LogP contribution in [0.1, 0.15) is 60.1 Å². The summed E-state index contributed by atoms with van der Waals surface area (Å²) in [6, 6.07) is 10.7. The van der Waals surface area contributed by atoms with E-state index in [2.05, 4.69) is 22.9 Å². The zero-order valence-corrected chi connectivity index (χ0v) is 21.0. The third kappa shape index (κ3) is 4.23. The van der Waals surface area contributed by atoms with Crippen LogP contribution in [0.25, 0.3) is 0 Å². The van der Waals surface area contributed by atoms with Crippen molar-refractivity contribution in [2.45, 2.75) is 67.8 Å². The summed E-state index contributed by atoms with van der Waals surface area (Å²) in [6.07, 6.45) is -1.04. The number of hydrogen-bond donors (Lipinski definition) is 2. The molecule has 2 heterocycles. The molecule has 3 fully saturated rings. The number of hydrogen-bond acceptors (Lipinski definition) is 7. The molecule has 12 heteroatoms. The van der Waals surface area contributed by atoms with Crippen molar-refractivity contribution in [3.63, 3.8) is 0 Å². The van der Waals surface area contributed by atoms with E-state index in [1.807, 2.05) is 6.07 Å². The van der Waals surface area contributed by atoms with E-state index in [1.165, 1.54) is 6.07 Å². The molecule has 0 radical (unpaired) electrons. The van der Waals surface area contributed by atoms with Crippen LogP contribution in [0, 0.1) is 11.3 Å². The van der Waals surface area contributed by atoms with Gasteiger partial charge < -0.3 is 5.32 Å². The van der Waals surface area contributed by atoms with Crippen molar-refractivity contribution in [1.82, 2.24) is 15.2 Å². The number of halogens is 3. The number of anilines is 1. The van der Waals surface area contributed by atoms with Gasteiger partial charge in [-0.15, -0.1) is 12.6 Å². The number of thiol groups is 1. The number of rotatable bonds is 4. The maximum atomic E-state index is 13.6. The lowest BCUT2D eigenvalue weighted by Crippen LogP contribution is -2.65. The monoisotopic (exact) mass is 543 g/mol. The van der Waals surface area contributed by atoms with Crippen LogP contribution < -0.4 is 10.2 Å². The van der Waals surface area contributed by atoms with Crippen LogP contribution in [0.5, 0.6) is 0 Å². The van der Waals surface area contributed by atoms with Crippen LogP contribution in [0.3, 0.4) is 0 Å². The molecule has 2 saturated carbocycles. The lowest BCUT2D eigenvalue weighted by molar-refractivity contribution is -0.150. The second-order valence-electron chi connectivity index (χ2n) is 9.76. The molecule has 1 aliphatic heterocycles. The lowest BCUT2D eigenvalue weighted by Gasteiger charge is -2.47. The number of benzene rings is 1. The molecular formula is C26H24F3N5O3S. The highest BCUT2D eigenvalue weighted by atomic mass is 32.1. The fourth-order valence-corrected chi connectivity index (χ4v) is 6.32. The zero-order chi connectivity index (χ0) is 27.2. The number of aromatic nitrogens is 1. The van der Waals surface area contributed by atoms with Gasteiger partial charge in [0.15, 0.2) is 17.0 Å². The summed E-state index contributed by atoms with van der Waals surface area (Å²) in [4.78, 5) is 45.6. The Kier molecular flexibility index (Phi) is 6.69. The summed E-state index contributed by atoms with van der Waals surface area (Å²) in [5.74, 6) is -1.10. The second kappa shape index (κ2) is 9.71. The molecule has 1 aromatic carbocycles. The Morgan fingerprint density at radius 1 is 1.16 bits per heavy atom. The number of nitrogens with one attached hydrogen (secondary N) is 1. The third-order valence-electron chi connectivity index (χ3n) is 7.69. The number of carbonyl (C=O) groups is 3. The first kappa shape index (κ1) is 26.2. The van der Waals surface area contributed by atoms with Gasteiger partial charge in [0.05, 0.1) is 17.4 Å². The molecule has 1 N–H and O–H groups in total. The molecule has 2 aliphatic carbocycles. The molecule has 1 aromatic heterocycles. The summed E-state index contributed by atoms with van der Waals surface area (Å²) in [5.41, 5.74) is -4.16. The van der Waals surface area contributed by atoms with Gasteiger partial charge in [-0.3, -0.25) is 24.2 Å². The second-order valence-corrected chi connectivity index (χ2v) is 10.2. The van der Waals surface area contributed by atoms with Gasteiger partial charge in [0, 0.05) is 24.1 Å². The van der Waals surface area contributed by atoms with Gasteiger partial charge in [-0.2, -0.15) is 18.4 Å². The van der Waals surface area contributed by atoms with Crippen LogP contribution in [0.15, 0.2) is 42.6 Å². The molecule has 2 atom stereocenters. The van der Waals surface area contributed by atoms with Crippen molar-refractivity contribution in [2.75, 3.05) is 4.90 Å². The van der Waals surface area contributed by atoms with Crippen LogP contribution in [-0.4, -0.2) is 50.6 Å². The van der Waals surface area contributed by atoms with E-state index in [4.69, 9.17) is 5.26 Å². The number of amides is 2. The number of nitriles is 1. The quantitative estimate of drug-likeness (QED) is 0.450. The summed E-state index contributed by atoms with van der Waals surface area (Å²) in [7, 11) is 0. The zero-order valence-electron chi connectivity index (χ0n) is 20.1. The smallest absolute Gasteiger partial charge is 0.349 e. The molecule has 2 unspecified atom stereocenters. The van der Waals surface area contributed by atoms with Crippen LogP contribution in [-0.2, 0) is 15.8 Å². The van der Waals surface area contributed by atoms with Gasteiger partial charge in [-0.25, -0.2) is 4.98 Å². The van der Waals surface area contributed by atoms with Gasteiger partial charge in [0.2, 0.25) is 0 Å². The normalized spacial score (nSPS) is 27.8. The molecule has 3 aliphatic rings. The van der Waals surface area contributed by atoms with Crippen molar-refractivity contribution in [1.29, 1.82) is 5.26 Å². The molecule has 5 rings (SSSR count). The van der Waals surface area contributed by atoms with E-state index in [9.17, 15) is 27.6 Å². The first-order chi connectivity index (χ1) is 18.1. The standard InChI is InChI=1S/C26H24F3N5O3S/c27-26(28,29)19-12-18(14-31-20(19)13-30)33-23(37)25(11-10-21(25)35)34(24(33)38)17-8-6-16(7-9-17)32-22(36)15-4-2-1-3-5-15/h1-5,12,14,16-17,24,38H,6-11H2,(H,32,36). The molecule has 198 valence electrons. The number of carbonyl (C=O) groups excluding carboxylic acids is 3. The largest absolute Gasteiger partial charge is 0.419 e. The van der Waals surface area contributed by atoms with E-state index in [1.54, 1.807) is 29.2 Å². The van der Waals surface area contributed by atoms with Gasteiger partial charge >= 0.3 is 6.18 Å². The summed E-state index contributed by atoms with van der Waals surface area (Å²) in [6.45, 7) is 0. The highest BCUT2D eigenvalue weighted by molar-refractivity contribution is 7.81. The van der Waals surface area contributed by atoms with Crippen LogP contribution >= 0.6 is 12.6 Å². The minimum absolute atomic E-state index is 0.0863. The van der Waals surface area contributed by atoms with Crippen molar-refractivity contribution in [3.05, 3.63) is 59.4 Å². The first-order valence-corrected chi connectivity index (χ1v) is 12.8. The van der Waals surface area contributed by atoms with Gasteiger partial charge in [-0.05, 0) is 50.3 Å². The van der Waals surface area contributed by atoms with Crippen LogP contribution in [0.2, 0.25) is 0 Å². The number of alkyl halides is 3. The predicted octanol–water partition coefficient (Wildman–Crippen LogP) is 3.68. The topological polar surface area (TPSA) is 106 Å². The Bertz CT molecular complexity index is 1320. The predicted molar refractivity (Wildman–Crippen MR) is 133 cm³/mol. The van der Waals surface area contributed by atoms with E-state index >= 15 is 0 Å². The van der Waals surface area contributed by atoms with E-state index < -0.39 is 34.4 Å². The highest BCUT2D eigenvalue weighted by Crippen LogP contribution is 2.49. The van der Waals surface area contributed by atoms with Gasteiger partial charge in [-0.1, -0.05) is 18.2 Å². The fraction of sp³-hybridized carbons (Fsp3) is 0.423. The Morgan fingerprint density at radius 3 is 2.39 bits per heavy atom. The molecule has 0 bridgehead atoms. The van der Waals surface area contributed by atoms with Crippen molar-refractivity contribution in [2.24, 2.45) is 0 Å². The number of nitrogens with zero attached hydrogens (tertiary/aromatic N) is 4. The average Bonchev–Trinajstić information content (AvgIpc) is 3.15. The lowest BCUT2D eigenvalue weighted by atomic mass is 9.72. The van der Waals surface area contributed by atoms with Crippen molar-refractivity contribution >= 4 is 35.9 Å². The Hall–Kier alpha value is -3.43. The molecule has 1 spiro atoms. The fourth-order valence-electron chi connectivity index (χ4n) is 5.70. The van der Waals surface area contributed by atoms with Crippen molar-refractivity contribution < 1.29 is 27.6 Å². The maximum absolute atomic E-state index is 13.6. The Labute approximate surface area is 222 Å². The first-order valence-electron chi connectivity index (χ1n) is 12.2. The third-order valence-corrected chi connectivity index (χ3v) is 8.17. The SMILES string of the molecule is N#Cc1ncc(N2C(=O)C3(CCC3=O)N(C3CCC(NC(=O)c4ccccc4)CC3)C2S)cc1C(F)(F)F. The number of pyridine rings is 1. The molecule has 1 saturated heterocycles. The van der Waals surface area contributed by atoms with E-state index in [-0.39, 0.29) is 42.3 Å². The molecule has 2 aromatic rings. The summed E-state index contributed by atoms with van der Waals surface area (Å²) in [5, 5.41) is 12.1. The molecular weight excluding hydrogens is 519 g/mol. The Balaban J connectivity index is 1.38. The maximum Gasteiger partial charge on any atom is 0.419 e. The number of ketones is 1. The van der Waals surface area contributed by atoms with Gasteiger partial charge in [0.1, 0.15) is 11.6 Å². The van der Waals surface area contributed by atoms with Crippen LogP contribution in [0.4, 0.5) is 18.9 Å². The highest BCUT2D eigenvalue weighted by Gasteiger charge is 2.67. The van der Waals surface area contributed by atoms with Gasteiger partial charge in [0.25, 0.3) is 11.8 Å². The molecule has 2 amide bonds. The molecule has 8 nitrogen and oxygen atoms in total.